The summed E-state index contributed by atoms with van der Waals surface area (Å²) in [6, 6.07) is 9.86. The molecule has 24 heavy (non-hydrogen) atoms. The first-order valence-electron chi connectivity index (χ1n) is 8.49. The van der Waals surface area contributed by atoms with Crippen LogP contribution in [0.1, 0.15) is 31.2 Å². The highest BCUT2D eigenvalue weighted by molar-refractivity contribution is 7.87. The number of nitrogens with one attached hydrogen (secondary N) is 1. The molecule has 2 heterocycles. The highest BCUT2D eigenvalue weighted by Crippen LogP contribution is 2.12. The molecule has 0 amide bonds. The van der Waals surface area contributed by atoms with Gasteiger partial charge in [0.05, 0.1) is 11.9 Å². The van der Waals surface area contributed by atoms with Gasteiger partial charge in [-0.2, -0.15) is 17.8 Å². The van der Waals surface area contributed by atoms with Crippen LogP contribution in [0.3, 0.4) is 0 Å². The Morgan fingerprint density at radius 3 is 2.46 bits per heavy atom. The summed E-state index contributed by atoms with van der Waals surface area (Å²) in [6.45, 7) is 1.64. The molecular weight excluding hydrogens is 324 g/mol. The van der Waals surface area contributed by atoms with Gasteiger partial charge in [0.15, 0.2) is 0 Å². The second-order valence-corrected chi connectivity index (χ2v) is 7.85. The zero-order valence-electron chi connectivity index (χ0n) is 13.8. The van der Waals surface area contributed by atoms with E-state index in [1.54, 1.807) is 15.2 Å². The maximum absolute atomic E-state index is 12.3. The van der Waals surface area contributed by atoms with Gasteiger partial charge in [-0.3, -0.25) is 0 Å². The van der Waals surface area contributed by atoms with Crippen LogP contribution in [0.4, 0.5) is 0 Å². The molecule has 1 fully saturated rings. The van der Waals surface area contributed by atoms with E-state index in [0.29, 0.717) is 26.1 Å². The zero-order chi connectivity index (χ0) is 16.8. The number of hydrogen-bond donors (Lipinski definition) is 1. The van der Waals surface area contributed by atoms with E-state index in [1.165, 1.54) is 0 Å². The summed E-state index contributed by atoms with van der Waals surface area (Å²) in [5, 5.41) is 4.33. The van der Waals surface area contributed by atoms with Crippen molar-refractivity contribution in [2.45, 2.75) is 32.1 Å². The maximum atomic E-state index is 12.3. The molecule has 0 radical (unpaired) electrons. The Labute approximate surface area is 143 Å². The lowest BCUT2D eigenvalue weighted by Gasteiger charge is -2.20. The van der Waals surface area contributed by atoms with E-state index in [4.69, 9.17) is 0 Å². The Balaban J connectivity index is 1.53. The molecular formula is C17H24N4O2S. The smallest absolute Gasteiger partial charge is 0.241 e. The molecule has 0 unspecified atom stereocenters. The predicted molar refractivity (Wildman–Crippen MR) is 94.2 cm³/mol. The van der Waals surface area contributed by atoms with Crippen LogP contribution < -0.4 is 4.72 Å². The minimum Gasteiger partial charge on any atom is -0.241 e. The monoisotopic (exact) mass is 348 g/mol. The lowest BCUT2D eigenvalue weighted by molar-refractivity contribution is 0.415. The fraction of sp³-hybridized carbons (Fsp3) is 0.471. The second-order valence-electron chi connectivity index (χ2n) is 6.09. The van der Waals surface area contributed by atoms with Crippen molar-refractivity contribution in [3.8, 4) is 5.69 Å². The molecule has 1 aliphatic rings. The van der Waals surface area contributed by atoms with Gasteiger partial charge in [-0.1, -0.05) is 31.0 Å². The normalized spacial score (nSPS) is 16.8. The van der Waals surface area contributed by atoms with Gasteiger partial charge in [0.25, 0.3) is 10.2 Å². The first kappa shape index (κ1) is 17.1. The number of rotatable bonds is 6. The maximum Gasteiger partial charge on any atom is 0.279 e. The molecule has 6 nitrogen and oxygen atoms in total. The van der Waals surface area contributed by atoms with Crippen LogP contribution in [-0.2, 0) is 16.6 Å². The highest BCUT2D eigenvalue weighted by atomic mass is 32.2. The van der Waals surface area contributed by atoms with E-state index in [0.717, 1.165) is 36.9 Å². The van der Waals surface area contributed by atoms with Gasteiger partial charge < -0.3 is 0 Å². The third-order valence-electron chi connectivity index (χ3n) is 4.26. The van der Waals surface area contributed by atoms with Gasteiger partial charge in [-0.05, 0) is 37.0 Å². The quantitative estimate of drug-likeness (QED) is 0.869. The van der Waals surface area contributed by atoms with Crippen LogP contribution in [0, 0.1) is 0 Å². The van der Waals surface area contributed by atoms with Gasteiger partial charge in [0.1, 0.15) is 0 Å². The van der Waals surface area contributed by atoms with E-state index in [-0.39, 0.29) is 0 Å². The van der Waals surface area contributed by atoms with Gasteiger partial charge in [-0.25, -0.2) is 9.40 Å². The Morgan fingerprint density at radius 1 is 1.04 bits per heavy atom. The molecule has 1 aliphatic heterocycles. The minimum absolute atomic E-state index is 0.388. The Hall–Kier alpha value is -1.70. The largest absolute Gasteiger partial charge is 0.279 e. The van der Waals surface area contributed by atoms with Crippen LogP contribution in [0.5, 0.6) is 0 Å². The molecule has 0 saturated carbocycles. The molecule has 7 heteroatoms. The lowest BCUT2D eigenvalue weighted by Crippen LogP contribution is -2.41. The van der Waals surface area contributed by atoms with Crippen molar-refractivity contribution < 1.29 is 8.42 Å². The average molecular weight is 348 g/mol. The van der Waals surface area contributed by atoms with E-state index in [1.807, 2.05) is 36.5 Å². The Morgan fingerprint density at radius 2 is 1.75 bits per heavy atom. The lowest BCUT2D eigenvalue weighted by atomic mass is 10.2. The summed E-state index contributed by atoms with van der Waals surface area (Å²) in [5.74, 6) is 0. The Bertz CT molecular complexity index is 735. The van der Waals surface area contributed by atoms with Gasteiger partial charge in [0, 0.05) is 25.8 Å². The first-order valence-corrected chi connectivity index (χ1v) is 9.93. The minimum atomic E-state index is -3.37. The number of aromatic nitrogens is 2. The number of para-hydroxylation sites is 1. The van der Waals surface area contributed by atoms with Crippen molar-refractivity contribution in [2.24, 2.45) is 0 Å². The fourth-order valence-corrected chi connectivity index (χ4v) is 4.19. The zero-order valence-corrected chi connectivity index (χ0v) is 14.6. The van der Waals surface area contributed by atoms with Gasteiger partial charge >= 0.3 is 0 Å². The van der Waals surface area contributed by atoms with Crippen molar-refractivity contribution in [3.63, 3.8) is 0 Å². The molecule has 1 saturated heterocycles. The summed E-state index contributed by atoms with van der Waals surface area (Å²) >= 11 is 0. The van der Waals surface area contributed by atoms with Crippen LogP contribution in [0.15, 0.2) is 42.7 Å². The molecule has 0 aliphatic carbocycles. The standard InChI is InChI=1S/C17H24N4O2S/c22-24(23,20-12-6-1-2-7-13-20)19-11-10-16-14-18-21(15-16)17-8-4-3-5-9-17/h3-5,8-9,14-15,19H,1-2,6-7,10-13H2. The molecule has 3 rings (SSSR count). The molecule has 2 aromatic rings. The predicted octanol–water partition coefficient (Wildman–Crippen LogP) is 2.13. The van der Waals surface area contributed by atoms with E-state index in [2.05, 4.69) is 9.82 Å². The topological polar surface area (TPSA) is 67.2 Å². The van der Waals surface area contributed by atoms with Crippen LogP contribution >= 0.6 is 0 Å². The van der Waals surface area contributed by atoms with Crippen LogP contribution in [-0.4, -0.2) is 42.1 Å². The van der Waals surface area contributed by atoms with Crippen molar-refractivity contribution >= 4 is 10.2 Å². The Kier molecular flexibility index (Phi) is 5.65. The first-order chi connectivity index (χ1) is 11.6. The van der Waals surface area contributed by atoms with Crippen molar-refractivity contribution in [1.29, 1.82) is 0 Å². The van der Waals surface area contributed by atoms with Crippen LogP contribution in [0.2, 0.25) is 0 Å². The molecule has 0 spiro atoms. The number of benzene rings is 1. The summed E-state index contributed by atoms with van der Waals surface area (Å²) in [4.78, 5) is 0. The van der Waals surface area contributed by atoms with Gasteiger partial charge in [-0.15, -0.1) is 0 Å². The van der Waals surface area contributed by atoms with Crippen LogP contribution in [0.25, 0.3) is 5.69 Å². The second kappa shape index (κ2) is 7.92. The molecule has 1 N–H and O–H groups in total. The SMILES string of the molecule is O=S(=O)(NCCc1cnn(-c2ccccc2)c1)N1CCCCCC1. The van der Waals surface area contributed by atoms with Crippen molar-refractivity contribution in [3.05, 3.63) is 48.3 Å². The number of nitrogens with zero attached hydrogens (tertiary/aromatic N) is 3. The molecule has 0 atom stereocenters. The highest BCUT2D eigenvalue weighted by Gasteiger charge is 2.22. The van der Waals surface area contributed by atoms with E-state index >= 15 is 0 Å². The number of hydrogen-bond acceptors (Lipinski definition) is 3. The molecule has 0 bridgehead atoms. The average Bonchev–Trinajstić information content (AvgIpc) is 2.88. The fourth-order valence-electron chi connectivity index (χ4n) is 2.91. The van der Waals surface area contributed by atoms with Crippen molar-refractivity contribution in [2.75, 3.05) is 19.6 Å². The molecule has 1 aromatic heterocycles. The molecule has 1 aromatic carbocycles. The summed E-state index contributed by atoms with van der Waals surface area (Å²) < 4.78 is 30.8. The third kappa shape index (κ3) is 4.43. The van der Waals surface area contributed by atoms with Gasteiger partial charge in [0.2, 0.25) is 0 Å². The third-order valence-corrected chi connectivity index (χ3v) is 5.87. The van der Waals surface area contributed by atoms with E-state index in [9.17, 15) is 8.42 Å². The summed E-state index contributed by atoms with van der Waals surface area (Å²) in [6.07, 6.45) is 8.48. The molecule has 130 valence electrons. The van der Waals surface area contributed by atoms with Crippen molar-refractivity contribution in [1.82, 2.24) is 18.8 Å². The van der Waals surface area contributed by atoms with E-state index < -0.39 is 10.2 Å². The summed E-state index contributed by atoms with van der Waals surface area (Å²) in [7, 11) is -3.37. The summed E-state index contributed by atoms with van der Waals surface area (Å²) in [5.41, 5.74) is 2.01.